The smallest absolute Gasteiger partial charge is 0.119 e. The number of nitrogens with zero attached hydrogens (tertiary/aromatic N) is 1. The van der Waals surface area contributed by atoms with Gasteiger partial charge in [0.2, 0.25) is 0 Å². The molecule has 0 aromatic heterocycles. The molecule has 1 aliphatic rings. The van der Waals surface area contributed by atoms with Crippen LogP contribution in [-0.4, -0.2) is 36.1 Å². The average molecular weight is 292 g/mol. The molecule has 4 heteroatoms. The number of hydrogen-bond acceptors (Lipinski definition) is 3. The lowest BCUT2D eigenvalue weighted by Gasteiger charge is -2.36. The van der Waals surface area contributed by atoms with Gasteiger partial charge in [-0.15, -0.1) is 0 Å². The zero-order valence-corrected chi connectivity index (χ0v) is 13.2. The van der Waals surface area contributed by atoms with Crippen LogP contribution in [0, 0.1) is 5.41 Å². The van der Waals surface area contributed by atoms with E-state index in [9.17, 15) is 0 Å². The van der Waals surface area contributed by atoms with Gasteiger partial charge in [0, 0.05) is 12.1 Å². The second-order valence-corrected chi connectivity index (χ2v) is 6.68. The van der Waals surface area contributed by atoms with Crippen LogP contribution >= 0.6 is 12.2 Å². The molecule has 1 saturated heterocycles. The number of piperidine rings is 1. The molecule has 3 nitrogen and oxygen atoms in total. The summed E-state index contributed by atoms with van der Waals surface area (Å²) in [5.74, 6) is 0.877. The van der Waals surface area contributed by atoms with Crippen LogP contribution in [0.1, 0.15) is 32.3 Å². The Kier molecular flexibility index (Phi) is 5.00. The molecule has 0 unspecified atom stereocenters. The molecule has 0 saturated carbocycles. The highest BCUT2D eigenvalue weighted by Crippen LogP contribution is 2.29. The summed E-state index contributed by atoms with van der Waals surface area (Å²) in [5, 5.41) is 0. The molecule has 0 aliphatic carbocycles. The predicted molar refractivity (Wildman–Crippen MR) is 87.3 cm³/mol. The first kappa shape index (κ1) is 15.3. The van der Waals surface area contributed by atoms with Gasteiger partial charge in [0.25, 0.3) is 0 Å². The molecule has 1 aromatic rings. The van der Waals surface area contributed by atoms with Crippen molar-refractivity contribution < 1.29 is 4.74 Å². The molecule has 1 fully saturated rings. The number of thiocarbonyl (C=S) groups is 1. The van der Waals surface area contributed by atoms with Crippen molar-refractivity contribution in [3.63, 3.8) is 0 Å². The van der Waals surface area contributed by atoms with Crippen LogP contribution in [-0.2, 0) is 0 Å². The van der Waals surface area contributed by atoms with Crippen molar-refractivity contribution >= 4 is 17.2 Å². The van der Waals surface area contributed by atoms with Gasteiger partial charge in [-0.25, -0.2) is 0 Å². The minimum Gasteiger partial charge on any atom is -0.492 e. The van der Waals surface area contributed by atoms with E-state index in [0.29, 0.717) is 10.4 Å². The van der Waals surface area contributed by atoms with Crippen molar-refractivity contribution in [2.24, 2.45) is 11.1 Å². The molecule has 0 spiro atoms. The number of benzene rings is 1. The molecule has 0 atom stereocenters. The van der Waals surface area contributed by atoms with Gasteiger partial charge in [-0.1, -0.05) is 26.1 Å². The summed E-state index contributed by atoms with van der Waals surface area (Å²) in [7, 11) is 0. The van der Waals surface area contributed by atoms with Crippen molar-refractivity contribution in [2.45, 2.75) is 26.7 Å². The molecule has 1 aromatic carbocycles. The van der Waals surface area contributed by atoms with Gasteiger partial charge in [-0.3, -0.25) is 4.90 Å². The van der Waals surface area contributed by atoms with E-state index in [1.54, 1.807) is 0 Å². The van der Waals surface area contributed by atoms with Crippen LogP contribution in [0.15, 0.2) is 24.3 Å². The van der Waals surface area contributed by atoms with Gasteiger partial charge >= 0.3 is 0 Å². The summed E-state index contributed by atoms with van der Waals surface area (Å²) in [6, 6.07) is 7.66. The Morgan fingerprint density at radius 3 is 2.40 bits per heavy atom. The first-order valence-electron chi connectivity index (χ1n) is 7.21. The molecular formula is C16H24N2OS. The molecule has 0 radical (unpaired) electrons. The van der Waals surface area contributed by atoms with E-state index in [4.69, 9.17) is 22.7 Å². The molecule has 1 aliphatic heterocycles. The van der Waals surface area contributed by atoms with E-state index in [1.807, 2.05) is 24.3 Å². The van der Waals surface area contributed by atoms with Crippen molar-refractivity contribution in [2.75, 3.05) is 26.2 Å². The van der Waals surface area contributed by atoms with E-state index < -0.39 is 0 Å². The largest absolute Gasteiger partial charge is 0.492 e. The Labute approximate surface area is 127 Å². The maximum absolute atomic E-state index is 5.77. The summed E-state index contributed by atoms with van der Waals surface area (Å²) in [5.41, 5.74) is 6.96. The van der Waals surface area contributed by atoms with Crippen molar-refractivity contribution in [3.05, 3.63) is 29.8 Å². The topological polar surface area (TPSA) is 38.5 Å². The molecule has 20 heavy (non-hydrogen) atoms. The van der Waals surface area contributed by atoms with Gasteiger partial charge in [0.1, 0.15) is 17.3 Å². The van der Waals surface area contributed by atoms with Gasteiger partial charge < -0.3 is 10.5 Å². The third-order valence-electron chi connectivity index (χ3n) is 4.02. The van der Waals surface area contributed by atoms with Gasteiger partial charge in [-0.05, 0) is 55.6 Å². The fraction of sp³-hybridized carbons (Fsp3) is 0.562. The molecular weight excluding hydrogens is 268 g/mol. The second kappa shape index (κ2) is 6.55. The van der Waals surface area contributed by atoms with Crippen LogP contribution in [0.3, 0.4) is 0 Å². The third-order valence-corrected chi connectivity index (χ3v) is 4.26. The number of hydrogen-bond donors (Lipinski definition) is 1. The lowest BCUT2D eigenvalue weighted by molar-refractivity contribution is 0.116. The molecule has 2 rings (SSSR count). The number of rotatable bonds is 5. The fourth-order valence-corrected chi connectivity index (χ4v) is 2.53. The minimum absolute atomic E-state index is 0.424. The van der Waals surface area contributed by atoms with E-state index in [1.165, 1.54) is 25.9 Å². The van der Waals surface area contributed by atoms with E-state index in [2.05, 4.69) is 18.7 Å². The van der Waals surface area contributed by atoms with Gasteiger partial charge in [0.15, 0.2) is 0 Å². The Hall–Kier alpha value is -1.13. The maximum atomic E-state index is 5.77. The number of ether oxygens (including phenoxy) is 1. The molecule has 110 valence electrons. The van der Waals surface area contributed by atoms with E-state index in [-0.39, 0.29) is 0 Å². The maximum Gasteiger partial charge on any atom is 0.119 e. The van der Waals surface area contributed by atoms with Crippen LogP contribution in [0.25, 0.3) is 0 Å². The Balaban J connectivity index is 1.72. The molecule has 1 heterocycles. The molecule has 0 amide bonds. The van der Waals surface area contributed by atoms with Crippen molar-refractivity contribution in [1.29, 1.82) is 0 Å². The lowest BCUT2D eigenvalue weighted by Crippen LogP contribution is -2.39. The summed E-state index contributed by atoms with van der Waals surface area (Å²) in [6.07, 6.45) is 2.55. The number of nitrogens with two attached hydrogens (primary N) is 1. The van der Waals surface area contributed by atoms with E-state index in [0.717, 1.165) is 24.5 Å². The highest BCUT2D eigenvalue weighted by Gasteiger charge is 2.24. The summed E-state index contributed by atoms with van der Waals surface area (Å²) < 4.78 is 5.77. The van der Waals surface area contributed by atoms with Crippen LogP contribution in [0.5, 0.6) is 5.75 Å². The van der Waals surface area contributed by atoms with Gasteiger partial charge in [0.05, 0.1) is 0 Å². The first-order valence-corrected chi connectivity index (χ1v) is 7.62. The summed E-state index contributed by atoms with van der Waals surface area (Å²) in [6.45, 7) is 8.78. The van der Waals surface area contributed by atoms with Crippen LogP contribution in [0.4, 0.5) is 0 Å². The Bertz CT molecular complexity index is 446. The van der Waals surface area contributed by atoms with Crippen molar-refractivity contribution in [3.8, 4) is 5.75 Å². The zero-order valence-electron chi connectivity index (χ0n) is 12.4. The molecule has 0 bridgehead atoms. The quantitative estimate of drug-likeness (QED) is 0.847. The highest BCUT2D eigenvalue weighted by atomic mass is 32.1. The standard InChI is InChI=1S/C16H24N2OS/c1-16(2)7-9-18(10-8-16)11-12-19-14-5-3-13(4-6-14)15(17)20/h3-6H,7-12H2,1-2H3,(H2,17,20). The van der Waals surface area contributed by atoms with Crippen molar-refractivity contribution in [1.82, 2.24) is 4.90 Å². The second-order valence-electron chi connectivity index (χ2n) is 6.24. The lowest BCUT2D eigenvalue weighted by atomic mass is 9.83. The van der Waals surface area contributed by atoms with E-state index >= 15 is 0 Å². The highest BCUT2D eigenvalue weighted by molar-refractivity contribution is 7.80. The summed E-state index contributed by atoms with van der Waals surface area (Å²) >= 11 is 4.93. The minimum atomic E-state index is 0.424. The zero-order chi connectivity index (χ0) is 14.6. The fourth-order valence-electron chi connectivity index (χ4n) is 2.39. The SMILES string of the molecule is CC1(C)CCN(CCOc2ccc(C(N)=S)cc2)CC1. The Morgan fingerprint density at radius 1 is 1.25 bits per heavy atom. The third kappa shape index (κ3) is 4.46. The summed E-state index contributed by atoms with van der Waals surface area (Å²) in [4.78, 5) is 2.90. The van der Waals surface area contributed by atoms with Crippen LogP contribution in [0.2, 0.25) is 0 Å². The van der Waals surface area contributed by atoms with Gasteiger partial charge in [-0.2, -0.15) is 0 Å². The normalized spacial score (nSPS) is 18.7. The number of likely N-dealkylation sites (tertiary alicyclic amines) is 1. The molecule has 2 N–H and O–H groups in total. The average Bonchev–Trinajstić information content (AvgIpc) is 2.41. The van der Waals surface area contributed by atoms with Crippen LogP contribution < -0.4 is 10.5 Å². The monoisotopic (exact) mass is 292 g/mol. The predicted octanol–water partition coefficient (Wildman–Crippen LogP) is 2.82. The Morgan fingerprint density at radius 2 is 1.85 bits per heavy atom. The first-order chi connectivity index (χ1) is 9.46.